The third kappa shape index (κ3) is 3.20. The number of nitrogens with one attached hydrogen (secondary N) is 1. The largest absolute Gasteiger partial charge is 0.478 e. The van der Waals surface area contributed by atoms with Gasteiger partial charge in [0.05, 0.1) is 16.8 Å². The van der Waals surface area contributed by atoms with E-state index in [4.69, 9.17) is 5.11 Å². The molecular formula is C19H17FN2O2. The van der Waals surface area contributed by atoms with Gasteiger partial charge in [-0.2, -0.15) is 0 Å². The van der Waals surface area contributed by atoms with Gasteiger partial charge in [0.25, 0.3) is 0 Å². The van der Waals surface area contributed by atoms with Crippen LogP contribution in [0.5, 0.6) is 0 Å². The molecule has 3 aromatic rings. The molecule has 1 aromatic heterocycles. The second kappa shape index (κ2) is 6.28. The topological polar surface area (TPSA) is 62.2 Å². The summed E-state index contributed by atoms with van der Waals surface area (Å²) in [7, 11) is 0. The van der Waals surface area contributed by atoms with Crippen LogP contribution < -0.4 is 5.32 Å². The molecule has 2 N–H and O–H groups in total. The van der Waals surface area contributed by atoms with Crippen molar-refractivity contribution in [3.63, 3.8) is 0 Å². The maximum atomic E-state index is 14.4. The molecule has 24 heavy (non-hydrogen) atoms. The summed E-state index contributed by atoms with van der Waals surface area (Å²) in [5, 5.41) is 12.9. The number of rotatable bonds is 4. The number of pyridine rings is 1. The highest BCUT2D eigenvalue weighted by Gasteiger charge is 2.10. The van der Waals surface area contributed by atoms with Crippen LogP contribution in [0.4, 0.5) is 10.1 Å². The van der Waals surface area contributed by atoms with Gasteiger partial charge >= 0.3 is 5.97 Å². The van der Waals surface area contributed by atoms with Crippen LogP contribution in [0.1, 0.15) is 24.2 Å². The molecule has 0 aliphatic rings. The lowest BCUT2D eigenvalue weighted by Crippen LogP contribution is -2.09. The van der Waals surface area contributed by atoms with E-state index in [1.807, 2.05) is 19.9 Å². The first-order valence-corrected chi connectivity index (χ1v) is 7.64. The summed E-state index contributed by atoms with van der Waals surface area (Å²) >= 11 is 0. The highest BCUT2D eigenvalue weighted by molar-refractivity contribution is 5.93. The maximum Gasteiger partial charge on any atom is 0.335 e. The van der Waals surface area contributed by atoms with Crippen LogP contribution in [0.3, 0.4) is 0 Å². The van der Waals surface area contributed by atoms with Crippen LogP contribution in [0.15, 0.2) is 48.5 Å². The Kier molecular flexibility index (Phi) is 4.16. The number of aromatic carboxylic acids is 1. The lowest BCUT2D eigenvalue weighted by molar-refractivity contribution is 0.0697. The summed E-state index contributed by atoms with van der Waals surface area (Å²) in [5.41, 5.74) is 2.47. The average molecular weight is 324 g/mol. The van der Waals surface area contributed by atoms with E-state index < -0.39 is 5.97 Å². The number of hydrogen-bond donors (Lipinski definition) is 2. The predicted octanol–water partition coefficient (Wildman–Crippen LogP) is 4.56. The summed E-state index contributed by atoms with van der Waals surface area (Å²) in [6, 6.07) is 13.3. The van der Waals surface area contributed by atoms with E-state index in [1.54, 1.807) is 30.3 Å². The van der Waals surface area contributed by atoms with Crippen LogP contribution in [0, 0.1) is 5.82 Å². The number of aromatic nitrogens is 1. The highest BCUT2D eigenvalue weighted by Crippen LogP contribution is 2.26. The minimum absolute atomic E-state index is 0.201. The average Bonchev–Trinajstić information content (AvgIpc) is 2.53. The standard InChI is InChI=1S/C19H17FN2O2/c1-11(2)21-14-5-6-15(16(20)10-14)18-8-3-12-9-13(19(23)24)4-7-17(12)22-18/h3-11,21H,1-2H3,(H,23,24). The summed E-state index contributed by atoms with van der Waals surface area (Å²) in [6.45, 7) is 3.98. The van der Waals surface area contributed by atoms with Crippen LogP contribution in [0.2, 0.25) is 0 Å². The Morgan fingerprint density at radius 1 is 1.12 bits per heavy atom. The number of hydrogen-bond acceptors (Lipinski definition) is 3. The highest BCUT2D eigenvalue weighted by atomic mass is 19.1. The van der Waals surface area contributed by atoms with Gasteiger partial charge in [-0.3, -0.25) is 0 Å². The van der Waals surface area contributed by atoms with E-state index in [-0.39, 0.29) is 17.4 Å². The summed E-state index contributed by atoms with van der Waals surface area (Å²) in [5.74, 6) is -1.34. The number of carboxylic acids is 1. The van der Waals surface area contributed by atoms with Gasteiger partial charge in [0.15, 0.2) is 0 Å². The van der Waals surface area contributed by atoms with Gasteiger partial charge in [0.1, 0.15) is 5.82 Å². The van der Waals surface area contributed by atoms with Crippen LogP contribution in [-0.4, -0.2) is 22.1 Å². The van der Waals surface area contributed by atoms with Crippen molar-refractivity contribution in [1.29, 1.82) is 0 Å². The van der Waals surface area contributed by atoms with Gasteiger partial charge in [0, 0.05) is 22.7 Å². The molecule has 0 saturated carbocycles. The molecule has 0 saturated heterocycles. The fourth-order valence-electron chi connectivity index (χ4n) is 2.55. The summed E-state index contributed by atoms with van der Waals surface area (Å²) in [4.78, 5) is 15.5. The van der Waals surface area contributed by atoms with E-state index >= 15 is 0 Å². The van der Waals surface area contributed by atoms with Crippen LogP contribution >= 0.6 is 0 Å². The number of anilines is 1. The van der Waals surface area contributed by atoms with Crippen molar-refractivity contribution >= 4 is 22.6 Å². The Bertz CT molecular complexity index is 922. The van der Waals surface area contributed by atoms with Gasteiger partial charge in [-0.15, -0.1) is 0 Å². The molecule has 0 radical (unpaired) electrons. The molecule has 1 heterocycles. The zero-order chi connectivity index (χ0) is 17.3. The summed E-state index contributed by atoms with van der Waals surface area (Å²) in [6.07, 6.45) is 0. The molecule has 0 aliphatic carbocycles. The Morgan fingerprint density at radius 2 is 1.92 bits per heavy atom. The third-order valence-corrected chi connectivity index (χ3v) is 3.64. The van der Waals surface area contributed by atoms with Crippen molar-refractivity contribution in [3.8, 4) is 11.3 Å². The smallest absolute Gasteiger partial charge is 0.335 e. The Morgan fingerprint density at radius 3 is 2.58 bits per heavy atom. The number of fused-ring (bicyclic) bond motifs is 1. The number of halogens is 1. The Balaban J connectivity index is 2.00. The van der Waals surface area contributed by atoms with Crippen molar-refractivity contribution < 1.29 is 14.3 Å². The SMILES string of the molecule is CC(C)Nc1ccc(-c2ccc3cc(C(=O)O)ccc3n2)c(F)c1. The van der Waals surface area contributed by atoms with Gasteiger partial charge < -0.3 is 10.4 Å². The molecule has 5 heteroatoms. The van der Waals surface area contributed by atoms with E-state index in [0.717, 1.165) is 5.69 Å². The molecule has 0 unspecified atom stereocenters. The number of benzene rings is 2. The molecule has 0 amide bonds. The van der Waals surface area contributed by atoms with E-state index in [0.29, 0.717) is 22.2 Å². The molecule has 3 rings (SSSR count). The molecule has 0 atom stereocenters. The molecule has 0 spiro atoms. The zero-order valence-corrected chi connectivity index (χ0v) is 13.4. The van der Waals surface area contributed by atoms with Crippen molar-refractivity contribution in [2.45, 2.75) is 19.9 Å². The number of nitrogens with zero attached hydrogens (tertiary/aromatic N) is 1. The van der Waals surface area contributed by atoms with Crippen molar-refractivity contribution in [2.24, 2.45) is 0 Å². The van der Waals surface area contributed by atoms with Crippen molar-refractivity contribution in [3.05, 3.63) is 59.9 Å². The van der Waals surface area contributed by atoms with Gasteiger partial charge in [-0.05, 0) is 56.3 Å². The first-order valence-electron chi connectivity index (χ1n) is 7.64. The molecule has 4 nitrogen and oxygen atoms in total. The number of carbonyl (C=O) groups is 1. The lowest BCUT2D eigenvalue weighted by atomic mass is 10.1. The van der Waals surface area contributed by atoms with E-state index in [2.05, 4.69) is 10.3 Å². The fourth-order valence-corrected chi connectivity index (χ4v) is 2.55. The maximum absolute atomic E-state index is 14.4. The quantitative estimate of drug-likeness (QED) is 0.738. The Hall–Kier alpha value is -2.95. The minimum atomic E-state index is -0.986. The normalized spacial score (nSPS) is 11.0. The first-order chi connectivity index (χ1) is 11.4. The van der Waals surface area contributed by atoms with Crippen LogP contribution in [0.25, 0.3) is 22.2 Å². The Labute approximate surface area is 139 Å². The third-order valence-electron chi connectivity index (χ3n) is 3.64. The van der Waals surface area contributed by atoms with E-state index in [9.17, 15) is 9.18 Å². The van der Waals surface area contributed by atoms with Gasteiger partial charge in [-0.1, -0.05) is 6.07 Å². The molecule has 0 bridgehead atoms. The lowest BCUT2D eigenvalue weighted by Gasteiger charge is -2.11. The van der Waals surface area contributed by atoms with E-state index in [1.165, 1.54) is 12.1 Å². The first kappa shape index (κ1) is 15.9. The molecule has 122 valence electrons. The minimum Gasteiger partial charge on any atom is -0.478 e. The van der Waals surface area contributed by atoms with Gasteiger partial charge in [-0.25, -0.2) is 14.2 Å². The molecule has 0 fully saturated rings. The second-order valence-electron chi connectivity index (χ2n) is 5.90. The second-order valence-corrected chi connectivity index (χ2v) is 5.90. The predicted molar refractivity (Wildman–Crippen MR) is 92.9 cm³/mol. The number of carboxylic acid groups (broad SMARTS) is 1. The molecular weight excluding hydrogens is 307 g/mol. The van der Waals surface area contributed by atoms with Gasteiger partial charge in [0.2, 0.25) is 0 Å². The molecule has 2 aromatic carbocycles. The molecule has 0 aliphatic heterocycles. The van der Waals surface area contributed by atoms with Crippen LogP contribution in [-0.2, 0) is 0 Å². The summed E-state index contributed by atoms with van der Waals surface area (Å²) < 4.78 is 14.4. The van der Waals surface area contributed by atoms with Crippen molar-refractivity contribution in [2.75, 3.05) is 5.32 Å². The fraction of sp³-hybridized carbons (Fsp3) is 0.158. The van der Waals surface area contributed by atoms with Crippen molar-refractivity contribution in [1.82, 2.24) is 4.98 Å². The monoisotopic (exact) mass is 324 g/mol. The zero-order valence-electron chi connectivity index (χ0n) is 13.4.